The molecule has 0 saturated carbocycles. The number of rotatable bonds is 1. The summed E-state index contributed by atoms with van der Waals surface area (Å²) in [6, 6.07) is 0. The molecule has 72 valence electrons. The molecule has 0 aliphatic carbocycles. The zero-order valence-corrected chi connectivity index (χ0v) is 8.05. The van der Waals surface area contributed by atoms with Gasteiger partial charge in [0.05, 0.1) is 5.60 Å². The minimum atomic E-state index is -1.18. The van der Waals surface area contributed by atoms with E-state index in [2.05, 4.69) is 11.4 Å². The molecule has 0 radical (unpaired) electrons. The van der Waals surface area contributed by atoms with Crippen LogP contribution < -0.4 is 5.48 Å². The zero-order valence-electron chi connectivity index (χ0n) is 8.05. The van der Waals surface area contributed by atoms with Gasteiger partial charge in [0.25, 0.3) is 0 Å². The maximum absolute atomic E-state index is 9.81. The second kappa shape index (κ2) is 6.67. The largest absolute Gasteiger partial charge is 0.464 e. The van der Waals surface area contributed by atoms with E-state index in [1.165, 1.54) is 0 Å². The lowest BCUT2D eigenvalue weighted by atomic mass is 10.2. The molecule has 0 fully saturated rings. The minimum Gasteiger partial charge on any atom is -0.464 e. The third-order valence-corrected chi connectivity index (χ3v) is 0.445. The Bertz CT molecular complexity index is 138. The first-order valence-electron chi connectivity index (χ1n) is 3.57. The normalized spacial score (nSPS) is 9.33. The standard InChI is InChI=1S/C5H11NO3.C3H6/c1-5(2,3)9-6-4(7)8;1-3-2/h6H,1-3H3,(H,7,8);3H,1H2,2H3. The van der Waals surface area contributed by atoms with Crippen LogP contribution in [0.4, 0.5) is 4.79 Å². The van der Waals surface area contributed by atoms with Crippen molar-refractivity contribution in [2.45, 2.75) is 33.3 Å². The highest BCUT2D eigenvalue weighted by Gasteiger charge is 2.11. The number of carboxylic acid groups (broad SMARTS) is 1. The number of carbonyl (C=O) groups is 1. The monoisotopic (exact) mass is 175 g/mol. The summed E-state index contributed by atoms with van der Waals surface area (Å²) < 4.78 is 0. The van der Waals surface area contributed by atoms with E-state index in [-0.39, 0.29) is 0 Å². The van der Waals surface area contributed by atoms with Gasteiger partial charge in [0, 0.05) is 0 Å². The van der Waals surface area contributed by atoms with Crippen LogP contribution in [0.25, 0.3) is 0 Å². The lowest BCUT2D eigenvalue weighted by Gasteiger charge is -2.16. The van der Waals surface area contributed by atoms with Gasteiger partial charge in [-0.25, -0.2) is 4.79 Å². The Balaban J connectivity index is 0. The van der Waals surface area contributed by atoms with Crippen molar-refractivity contribution in [2.24, 2.45) is 0 Å². The van der Waals surface area contributed by atoms with Gasteiger partial charge in [-0.15, -0.1) is 6.58 Å². The summed E-state index contributed by atoms with van der Waals surface area (Å²) in [5.41, 5.74) is 1.34. The topological polar surface area (TPSA) is 58.6 Å². The average molecular weight is 175 g/mol. The van der Waals surface area contributed by atoms with Crippen LogP contribution in [0.5, 0.6) is 0 Å². The molecule has 4 nitrogen and oxygen atoms in total. The predicted octanol–water partition coefficient (Wildman–Crippen LogP) is 2.18. The van der Waals surface area contributed by atoms with Crippen LogP contribution in [-0.4, -0.2) is 16.8 Å². The van der Waals surface area contributed by atoms with Gasteiger partial charge in [-0.1, -0.05) is 6.08 Å². The third kappa shape index (κ3) is 23.1. The van der Waals surface area contributed by atoms with Crippen LogP contribution in [0, 0.1) is 0 Å². The molecule has 0 aromatic heterocycles. The SMILES string of the molecule is C=CC.CC(C)(C)ONC(=O)O. The fraction of sp³-hybridized carbons (Fsp3) is 0.625. The Morgan fingerprint density at radius 3 is 2.00 bits per heavy atom. The van der Waals surface area contributed by atoms with Gasteiger partial charge in [-0.05, 0) is 27.7 Å². The average Bonchev–Trinajstić information content (AvgIpc) is 1.84. The molecule has 0 rings (SSSR count). The van der Waals surface area contributed by atoms with E-state index >= 15 is 0 Å². The summed E-state index contributed by atoms with van der Waals surface area (Å²) in [7, 11) is 0. The highest BCUT2D eigenvalue weighted by Crippen LogP contribution is 2.02. The molecule has 1 amide bonds. The molecule has 12 heavy (non-hydrogen) atoms. The van der Waals surface area contributed by atoms with E-state index in [0.29, 0.717) is 0 Å². The Morgan fingerprint density at radius 1 is 1.58 bits per heavy atom. The lowest BCUT2D eigenvalue weighted by molar-refractivity contribution is -0.0614. The number of hydroxylamine groups is 1. The van der Waals surface area contributed by atoms with Crippen molar-refractivity contribution in [3.8, 4) is 0 Å². The van der Waals surface area contributed by atoms with Crippen LogP contribution in [-0.2, 0) is 4.84 Å². The molecule has 0 bridgehead atoms. The fourth-order valence-corrected chi connectivity index (χ4v) is 0.197. The molecular formula is C8H17NO3. The summed E-state index contributed by atoms with van der Waals surface area (Å²) in [4.78, 5) is 14.5. The molecule has 0 aromatic carbocycles. The van der Waals surface area contributed by atoms with E-state index in [1.54, 1.807) is 32.3 Å². The van der Waals surface area contributed by atoms with Gasteiger partial charge in [0.15, 0.2) is 0 Å². The summed E-state index contributed by atoms with van der Waals surface area (Å²) in [6.07, 6.45) is 0.574. The Morgan fingerprint density at radius 2 is 1.92 bits per heavy atom. The predicted molar refractivity (Wildman–Crippen MR) is 47.9 cm³/mol. The molecule has 0 aromatic rings. The smallest absolute Gasteiger partial charge is 0.428 e. The van der Waals surface area contributed by atoms with Gasteiger partial charge in [0.1, 0.15) is 0 Å². The molecule has 0 heterocycles. The molecular weight excluding hydrogens is 158 g/mol. The maximum atomic E-state index is 9.81. The number of amides is 1. The van der Waals surface area contributed by atoms with Crippen LogP contribution >= 0.6 is 0 Å². The van der Waals surface area contributed by atoms with Gasteiger partial charge in [0.2, 0.25) is 0 Å². The van der Waals surface area contributed by atoms with Crippen molar-refractivity contribution >= 4 is 6.09 Å². The second-order valence-electron chi connectivity index (χ2n) is 3.03. The van der Waals surface area contributed by atoms with Crippen molar-refractivity contribution in [3.05, 3.63) is 12.7 Å². The van der Waals surface area contributed by atoms with Gasteiger partial charge >= 0.3 is 6.09 Å². The maximum Gasteiger partial charge on any atom is 0.428 e. The van der Waals surface area contributed by atoms with Gasteiger partial charge in [-0.3, -0.25) is 4.84 Å². The Kier molecular flexibility index (Phi) is 7.53. The van der Waals surface area contributed by atoms with Crippen LogP contribution in [0.15, 0.2) is 12.7 Å². The van der Waals surface area contributed by atoms with E-state index < -0.39 is 11.7 Å². The Labute approximate surface area is 73.2 Å². The lowest BCUT2D eigenvalue weighted by Crippen LogP contribution is -2.32. The highest BCUT2D eigenvalue weighted by atomic mass is 16.7. The highest BCUT2D eigenvalue weighted by molar-refractivity contribution is 5.62. The molecule has 4 heteroatoms. The van der Waals surface area contributed by atoms with Crippen LogP contribution in [0.1, 0.15) is 27.7 Å². The number of hydrogen-bond acceptors (Lipinski definition) is 2. The molecule has 0 aliphatic heterocycles. The third-order valence-electron chi connectivity index (χ3n) is 0.445. The molecule has 0 saturated heterocycles. The first kappa shape index (κ1) is 13.6. The number of nitrogens with one attached hydrogen (secondary N) is 1. The van der Waals surface area contributed by atoms with Crippen molar-refractivity contribution < 1.29 is 14.7 Å². The van der Waals surface area contributed by atoms with E-state index in [4.69, 9.17) is 5.11 Å². The molecule has 2 N–H and O–H groups in total. The molecule has 0 atom stereocenters. The summed E-state index contributed by atoms with van der Waals surface area (Å²) in [6.45, 7) is 10.5. The van der Waals surface area contributed by atoms with Crippen molar-refractivity contribution in [1.29, 1.82) is 0 Å². The van der Waals surface area contributed by atoms with E-state index in [1.807, 2.05) is 6.92 Å². The molecule has 0 unspecified atom stereocenters. The van der Waals surface area contributed by atoms with Gasteiger partial charge < -0.3 is 5.11 Å². The van der Waals surface area contributed by atoms with Crippen LogP contribution in [0.3, 0.4) is 0 Å². The Hall–Kier alpha value is -1.03. The summed E-state index contributed by atoms with van der Waals surface area (Å²) >= 11 is 0. The number of hydrogen-bond donors (Lipinski definition) is 2. The molecule has 0 spiro atoms. The van der Waals surface area contributed by atoms with E-state index in [9.17, 15) is 4.79 Å². The quantitative estimate of drug-likeness (QED) is 0.474. The first-order valence-corrected chi connectivity index (χ1v) is 3.57. The second-order valence-corrected chi connectivity index (χ2v) is 3.03. The minimum absolute atomic E-state index is 0.460. The number of allylic oxidation sites excluding steroid dienone is 1. The first-order chi connectivity index (χ1) is 5.33. The van der Waals surface area contributed by atoms with Crippen molar-refractivity contribution in [2.75, 3.05) is 0 Å². The summed E-state index contributed by atoms with van der Waals surface area (Å²) in [5, 5.41) is 8.04. The summed E-state index contributed by atoms with van der Waals surface area (Å²) in [5.74, 6) is 0. The molecule has 0 aliphatic rings. The van der Waals surface area contributed by atoms with Gasteiger partial charge in [-0.2, -0.15) is 5.48 Å². The zero-order chi connectivity index (χ0) is 10.2. The van der Waals surface area contributed by atoms with E-state index in [0.717, 1.165) is 0 Å². The van der Waals surface area contributed by atoms with Crippen LogP contribution in [0.2, 0.25) is 0 Å². The fourth-order valence-electron chi connectivity index (χ4n) is 0.197. The van der Waals surface area contributed by atoms with Crippen molar-refractivity contribution in [3.63, 3.8) is 0 Å². The van der Waals surface area contributed by atoms with Crippen molar-refractivity contribution in [1.82, 2.24) is 5.48 Å².